The van der Waals surface area contributed by atoms with Crippen LogP contribution in [0.5, 0.6) is 0 Å². The molecule has 2 heterocycles. The number of nitrogens with zero attached hydrogens (tertiary/aromatic N) is 3. The first-order chi connectivity index (χ1) is 24.2. The molecule has 8 aromatic carbocycles. The Kier molecular flexibility index (Phi) is 6.36. The Bertz CT molecular complexity index is 2870. The average molecular weight is 642 g/mol. The lowest BCUT2D eigenvalue weighted by Crippen LogP contribution is -2.00. The smallest absolute Gasteiger partial charge is 0.164 e. The minimum atomic E-state index is 0.653. The van der Waals surface area contributed by atoms with Gasteiger partial charge in [0.1, 0.15) is 0 Å². The summed E-state index contributed by atoms with van der Waals surface area (Å²) in [6, 6.07) is 58.1. The number of benzene rings is 8. The van der Waals surface area contributed by atoms with Crippen LogP contribution in [0, 0.1) is 0 Å². The van der Waals surface area contributed by atoms with E-state index in [2.05, 4.69) is 133 Å². The molecule has 228 valence electrons. The van der Waals surface area contributed by atoms with Gasteiger partial charge < -0.3 is 0 Å². The van der Waals surface area contributed by atoms with Gasteiger partial charge in [0.2, 0.25) is 0 Å². The lowest BCUT2D eigenvalue weighted by molar-refractivity contribution is 1.07. The van der Waals surface area contributed by atoms with Crippen LogP contribution in [0.1, 0.15) is 0 Å². The molecule has 0 radical (unpaired) electrons. The number of hydrogen-bond acceptors (Lipinski definition) is 4. The van der Waals surface area contributed by atoms with E-state index in [0.717, 1.165) is 27.6 Å². The summed E-state index contributed by atoms with van der Waals surface area (Å²) in [7, 11) is 0. The summed E-state index contributed by atoms with van der Waals surface area (Å²) < 4.78 is 2.66. The summed E-state index contributed by atoms with van der Waals surface area (Å²) in [4.78, 5) is 14.9. The van der Waals surface area contributed by atoms with Crippen LogP contribution in [-0.2, 0) is 0 Å². The van der Waals surface area contributed by atoms with Gasteiger partial charge in [-0.15, -0.1) is 11.3 Å². The average Bonchev–Trinajstić information content (AvgIpc) is 3.56. The van der Waals surface area contributed by atoms with Crippen molar-refractivity contribution < 1.29 is 0 Å². The number of rotatable bonds is 4. The van der Waals surface area contributed by atoms with Crippen molar-refractivity contribution in [1.82, 2.24) is 15.0 Å². The van der Waals surface area contributed by atoms with Crippen molar-refractivity contribution in [3.05, 3.63) is 164 Å². The van der Waals surface area contributed by atoms with Crippen LogP contribution in [0.15, 0.2) is 164 Å². The van der Waals surface area contributed by atoms with E-state index in [1.54, 1.807) is 0 Å². The molecule has 0 aliphatic heterocycles. The highest BCUT2D eigenvalue weighted by atomic mass is 32.1. The minimum Gasteiger partial charge on any atom is -0.208 e. The van der Waals surface area contributed by atoms with Crippen LogP contribution in [0.2, 0.25) is 0 Å². The second-order valence-electron chi connectivity index (χ2n) is 12.4. The van der Waals surface area contributed by atoms with Gasteiger partial charge in [0.05, 0.1) is 0 Å². The number of aromatic nitrogens is 3. The van der Waals surface area contributed by atoms with Gasteiger partial charge in [-0.2, -0.15) is 0 Å². The SMILES string of the molecule is c1ccc(-c2nc(-c3ccc(-c4ccc5c(ccc6ccc7sc8ccccc8c7c65)c4)cc3)nc(-c3ccc4ccccc4c3)n2)cc1. The van der Waals surface area contributed by atoms with Crippen LogP contribution in [0.25, 0.3) is 97.8 Å². The first kappa shape index (κ1) is 27.8. The van der Waals surface area contributed by atoms with Gasteiger partial charge in [-0.3, -0.25) is 0 Å². The summed E-state index contributed by atoms with van der Waals surface area (Å²) >= 11 is 1.87. The quantitative estimate of drug-likeness (QED) is 0.180. The molecule has 0 unspecified atom stereocenters. The zero-order valence-electron chi connectivity index (χ0n) is 26.3. The van der Waals surface area contributed by atoms with Crippen LogP contribution in [0.3, 0.4) is 0 Å². The van der Waals surface area contributed by atoms with Crippen molar-refractivity contribution in [2.75, 3.05) is 0 Å². The normalized spacial score (nSPS) is 11.7. The van der Waals surface area contributed by atoms with E-state index < -0.39 is 0 Å². The van der Waals surface area contributed by atoms with E-state index in [-0.39, 0.29) is 0 Å². The molecule has 10 aromatic rings. The molecule has 10 rings (SSSR count). The molecule has 0 N–H and O–H groups in total. The van der Waals surface area contributed by atoms with Gasteiger partial charge in [-0.1, -0.05) is 140 Å². The number of hydrogen-bond donors (Lipinski definition) is 0. The van der Waals surface area contributed by atoms with Gasteiger partial charge in [0.15, 0.2) is 17.5 Å². The maximum absolute atomic E-state index is 5.00. The fraction of sp³-hybridized carbons (Fsp3) is 0. The molecule has 3 nitrogen and oxygen atoms in total. The fourth-order valence-corrected chi connectivity index (χ4v) is 8.15. The van der Waals surface area contributed by atoms with Crippen LogP contribution in [-0.4, -0.2) is 15.0 Å². The van der Waals surface area contributed by atoms with Gasteiger partial charge >= 0.3 is 0 Å². The molecular formula is C45H27N3S. The first-order valence-corrected chi connectivity index (χ1v) is 17.3. The van der Waals surface area contributed by atoms with E-state index in [1.165, 1.54) is 52.7 Å². The standard InChI is InChI=1S/C45H27N3S/c1-2-9-31(10-3-1)43-46-44(48-45(47-43)36-21-16-28-8-4-5-11-33(28)27-36)32-18-14-29(15-19-32)34-22-24-37-35(26-34)20-17-30-23-25-40-42(41(30)37)38-12-6-7-13-39(38)49-40/h1-27H. The summed E-state index contributed by atoms with van der Waals surface area (Å²) in [5.74, 6) is 1.97. The van der Waals surface area contributed by atoms with Crippen molar-refractivity contribution in [2.24, 2.45) is 0 Å². The van der Waals surface area contributed by atoms with Crippen molar-refractivity contribution in [1.29, 1.82) is 0 Å². The summed E-state index contributed by atoms with van der Waals surface area (Å²) in [6.45, 7) is 0. The van der Waals surface area contributed by atoms with E-state index >= 15 is 0 Å². The first-order valence-electron chi connectivity index (χ1n) is 16.4. The molecule has 4 heteroatoms. The van der Waals surface area contributed by atoms with Crippen LogP contribution >= 0.6 is 11.3 Å². The van der Waals surface area contributed by atoms with Gasteiger partial charge in [0.25, 0.3) is 0 Å². The zero-order valence-corrected chi connectivity index (χ0v) is 27.2. The second-order valence-corrected chi connectivity index (χ2v) is 13.5. The number of fused-ring (bicyclic) bond motifs is 8. The Labute approximate surface area is 286 Å². The van der Waals surface area contributed by atoms with E-state index in [9.17, 15) is 0 Å². The predicted molar refractivity (Wildman–Crippen MR) is 207 cm³/mol. The van der Waals surface area contributed by atoms with Crippen molar-refractivity contribution in [3.63, 3.8) is 0 Å². The summed E-state index contributed by atoms with van der Waals surface area (Å²) in [6.07, 6.45) is 0. The van der Waals surface area contributed by atoms with E-state index in [1.807, 2.05) is 41.7 Å². The molecule has 0 saturated heterocycles. The maximum atomic E-state index is 5.00. The van der Waals surface area contributed by atoms with Gasteiger partial charge in [-0.05, 0) is 67.7 Å². The Morgan fingerprint density at radius 2 is 0.878 bits per heavy atom. The highest BCUT2D eigenvalue weighted by Gasteiger charge is 2.14. The number of thiophene rings is 1. The van der Waals surface area contributed by atoms with Crippen molar-refractivity contribution >= 4 is 63.8 Å². The topological polar surface area (TPSA) is 38.7 Å². The molecule has 49 heavy (non-hydrogen) atoms. The van der Waals surface area contributed by atoms with Crippen molar-refractivity contribution in [3.8, 4) is 45.3 Å². The van der Waals surface area contributed by atoms with E-state index in [0.29, 0.717) is 17.5 Å². The third kappa shape index (κ3) is 4.76. The van der Waals surface area contributed by atoms with Crippen LogP contribution < -0.4 is 0 Å². The zero-order chi connectivity index (χ0) is 32.3. The van der Waals surface area contributed by atoms with Gasteiger partial charge in [-0.25, -0.2) is 15.0 Å². The molecule has 0 atom stereocenters. The third-order valence-corrected chi connectivity index (χ3v) is 10.6. The molecule has 0 aliphatic carbocycles. The fourth-order valence-electron chi connectivity index (χ4n) is 7.04. The van der Waals surface area contributed by atoms with E-state index in [4.69, 9.17) is 15.0 Å². The minimum absolute atomic E-state index is 0.653. The lowest BCUT2D eigenvalue weighted by atomic mass is 9.94. The predicted octanol–water partition coefficient (Wildman–Crippen LogP) is 12.4. The molecule has 0 bridgehead atoms. The molecule has 0 amide bonds. The summed E-state index contributed by atoms with van der Waals surface area (Å²) in [5.41, 5.74) is 5.20. The lowest BCUT2D eigenvalue weighted by Gasteiger charge is -2.11. The Hall–Kier alpha value is -6.23. The molecule has 0 fully saturated rings. The van der Waals surface area contributed by atoms with Crippen molar-refractivity contribution in [2.45, 2.75) is 0 Å². The highest BCUT2D eigenvalue weighted by molar-refractivity contribution is 7.26. The highest BCUT2D eigenvalue weighted by Crippen LogP contribution is 2.41. The third-order valence-electron chi connectivity index (χ3n) is 9.49. The monoisotopic (exact) mass is 641 g/mol. The Morgan fingerprint density at radius 3 is 1.71 bits per heavy atom. The molecule has 0 aliphatic rings. The Balaban J connectivity index is 1.06. The Morgan fingerprint density at radius 1 is 0.306 bits per heavy atom. The maximum Gasteiger partial charge on any atom is 0.164 e. The molecule has 0 spiro atoms. The molecule has 2 aromatic heterocycles. The second kappa shape index (κ2) is 11.2. The largest absolute Gasteiger partial charge is 0.208 e. The van der Waals surface area contributed by atoms with Crippen LogP contribution in [0.4, 0.5) is 0 Å². The van der Waals surface area contributed by atoms with Gasteiger partial charge in [0, 0.05) is 36.9 Å². The molecular weight excluding hydrogens is 615 g/mol. The molecule has 0 saturated carbocycles. The summed E-state index contributed by atoms with van der Waals surface area (Å²) in [5, 5.41) is 10.2.